The molecule has 1 N–H and O–H groups in total. The third-order valence-corrected chi connectivity index (χ3v) is 7.50. The predicted molar refractivity (Wildman–Crippen MR) is 122 cm³/mol. The molecule has 0 unspecified atom stereocenters. The van der Waals surface area contributed by atoms with Crippen molar-refractivity contribution in [2.24, 2.45) is 0 Å². The van der Waals surface area contributed by atoms with E-state index in [1.54, 1.807) is 18.0 Å². The number of carbonyl (C=O) groups is 1. The number of hydrogen-bond donors (Lipinski definition) is 1. The first kappa shape index (κ1) is 24.4. The number of likely N-dealkylation sites (N-methyl/N-ethyl adjacent to an activating group) is 1. The van der Waals surface area contributed by atoms with Crippen LogP contribution in [0, 0.1) is 5.82 Å². The summed E-state index contributed by atoms with van der Waals surface area (Å²) in [6.07, 6.45) is 2.66. The Balaban J connectivity index is 1.54. The molecule has 0 atom stereocenters. The summed E-state index contributed by atoms with van der Waals surface area (Å²) in [5.74, 6) is -0.0778. The molecule has 0 bridgehead atoms. The molecule has 0 spiro atoms. The molecule has 1 saturated heterocycles. The van der Waals surface area contributed by atoms with Gasteiger partial charge in [0, 0.05) is 25.3 Å². The fourth-order valence-electron chi connectivity index (χ4n) is 3.40. The Hall–Kier alpha value is -2.20. The van der Waals surface area contributed by atoms with E-state index in [1.165, 1.54) is 40.7 Å². The molecule has 1 aliphatic heterocycles. The lowest BCUT2D eigenvalue weighted by molar-refractivity contribution is -0.117. The number of hydrogen-bond acceptors (Lipinski definition) is 5. The molecule has 1 amide bonds. The number of ether oxygens (including phenoxy) is 1. The van der Waals surface area contributed by atoms with Gasteiger partial charge in [0.15, 0.2) is 0 Å². The molecule has 0 saturated carbocycles. The van der Waals surface area contributed by atoms with Gasteiger partial charge < -0.3 is 10.1 Å². The first-order valence-corrected chi connectivity index (χ1v) is 12.2. The van der Waals surface area contributed by atoms with Crippen LogP contribution in [0.3, 0.4) is 0 Å². The molecule has 0 aromatic heterocycles. The minimum atomic E-state index is -3.72. The largest absolute Gasteiger partial charge is 0.492 e. The van der Waals surface area contributed by atoms with Gasteiger partial charge in [0.1, 0.15) is 23.1 Å². The number of anilines is 1. The highest BCUT2D eigenvalue weighted by molar-refractivity contribution is 7.89. The van der Waals surface area contributed by atoms with Crippen molar-refractivity contribution in [1.29, 1.82) is 0 Å². The number of benzene rings is 2. The van der Waals surface area contributed by atoms with Crippen LogP contribution in [0.1, 0.15) is 19.3 Å². The number of sulfonamides is 1. The molecule has 7 nitrogen and oxygen atoms in total. The fourth-order valence-corrected chi connectivity index (χ4v) is 5.42. The van der Waals surface area contributed by atoms with Crippen LogP contribution < -0.4 is 10.1 Å². The zero-order chi connectivity index (χ0) is 23.1. The van der Waals surface area contributed by atoms with Crippen LogP contribution in [0.5, 0.6) is 5.75 Å². The minimum Gasteiger partial charge on any atom is -0.492 e. The molecular weight excluding hydrogens is 457 g/mol. The molecule has 32 heavy (non-hydrogen) atoms. The molecule has 0 radical (unpaired) electrons. The van der Waals surface area contributed by atoms with Crippen LogP contribution in [0.4, 0.5) is 10.1 Å². The highest BCUT2D eigenvalue weighted by atomic mass is 35.5. The third-order valence-electron chi connectivity index (χ3n) is 5.12. The van der Waals surface area contributed by atoms with Crippen LogP contribution in [-0.4, -0.2) is 63.4 Å². The summed E-state index contributed by atoms with van der Waals surface area (Å²) >= 11 is 6.18. The fraction of sp³-hybridized carbons (Fsp3) is 0.409. The van der Waals surface area contributed by atoms with Crippen LogP contribution in [0.15, 0.2) is 47.4 Å². The zero-order valence-corrected chi connectivity index (χ0v) is 19.5. The first-order chi connectivity index (χ1) is 15.3. The van der Waals surface area contributed by atoms with Crippen molar-refractivity contribution in [3.63, 3.8) is 0 Å². The Labute approximate surface area is 193 Å². The first-order valence-electron chi connectivity index (χ1n) is 10.4. The van der Waals surface area contributed by atoms with E-state index < -0.39 is 10.0 Å². The summed E-state index contributed by atoms with van der Waals surface area (Å²) in [6, 6.07) is 10.2. The summed E-state index contributed by atoms with van der Waals surface area (Å²) in [7, 11) is -1.95. The summed E-state index contributed by atoms with van der Waals surface area (Å²) in [6.45, 7) is 1.83. The van der Waals surface area contributed by atoms with Crippen molar-refractivity contribution in [3.05, 3.63) is 53.3 Å². The van der Waals surface area contributed by atoms with E-state index in [4.69, 9.17) is 16.3 Å². The van der Waals surface area contributed by atoms with E-state index in [1.807, 2.05) is 0 Å². The standard InChI is InChI=1S/C22H27ClFN3O4S/c1-26(13-14-31-19-8-5-17(24)6-9-19)16-22(28)25-18-7-10-20(23)21(15-18)32(29,30)27-11-3-2-4-12-27/h5-10,15H,2-4,11-14,16H2,1H3,(H,25,28). The SMILES string of the molecule is CN(CCOc1ccc(F)cc1)CC(=O)Nc1ccc(Cl)c(S(=O)(=O)N2CCCCC2)c1. The maximum absolute atomic E-state index is 13.0. The van der Waals surface area contributed by atoms with Gasteiger partial charge in [-0.1, -0.05) is 18.0 Å². The van der Waals surface area contributed by atoms with Gasteiger partial charge in [-0.2, -0.15) is 4.31 Å². The van der Waals surface area contributed by atoms with E-state index in [2.05, 4.69) is 5.32 Å². The second kappa shape index (κ2) is 11.1. The molecule has 1 aliphatic rings. The van der Waals surface area contributed by atoms with E-state index in [0.29, 0.717) is 37.7 Å². The number of rotatable bonds is 9. The number of piperidine rings is 1. The van der Waals surface area contributed by atoms with Crippen LogP contribution in [-0.2, 0) is 14.8 Å². The number of halogens is 2. The van der Waals surface area contributed by atoms with Gasteiger partial charge in [-0.3, -0.25) is 9.69 Å². The van der Waals surface area contributed by atoms with Gasteiger partial charge in [-0.15, -0.1) is 0 Å². The molecule has 2 aromatic rings. The molecule has 174 valence electrons. The maximum atomic E-state index is 13.0. The summed E-state index contributed by atoms with van der Waals surface area (Å²) in [4.78, 5) is 14.2. The predicted octanol–water partition coefficient (Wildman–Crippen LogP) is 3.60. The smallest absolute Gasteiger partial charge is 0.244 e. The molecule has 2 aromatic carbocycles. The topological polar surface area (TPSA) is 79.0 Å². The summed E-state index contributed by atoms with van der Waals surface area (Å²) < 4.78 is 45.8. The second-order valence-corrected chi connectivity index (χ2v) is 10.0. The van der Waals surface area contributed by atoms with Crippen molar-refractivity contribution in [2.45, 2.75) is 24.2 Å². The number of nitrogens with zero attached hydrogens (tertiary/aromatic N) is 2. The van der Waals surface area contributed by atoms with Gasteiger partial charge in [0.25, 0.3) is 0 Å². The Morgan fingerprint density at radius 2 is 1.84 bits per heavy atom. The quantitative estimate of drug-likeness (QED) is 0.589. The average Bonchev–Trinajstić information content (AvgIpc) is 2.77. The summed E-state index contributed by atoms with van der Waals surface area (Å²) in [5.41, 5.74) is 0.367. The molecule has 3 rings (SSSR count). The lowest BCUT2D eigenvalue weighted by Crippen LogP contribution is -2.36. The highest BCUT2D eigenvalue weighted by Crippen LogP contribution is 2.29. The van der Waals surface area contributed by atoms with Crippen LogP contribution in [0.2, 0.25) is 5.02 Å². The maximum Gasteiger partial charge on any atom is 0.244 e. The molecule has 1 heterocycles. The Morgan fingerprint density at radius 3 is 2.53 bits per heavy atom. The van der Waals surface area contributed by atoms with Crippen LogP contribution in [0.25, 0.3) is 0 Å². The molecule has 1 fully saturated rings. The van der Waals surface area contributed by atoms with Crippen LogP contribution >= 0.6 is 11.6 Å². The zero-order valence-electron chi connectivity index (χ0n) is 17.9. The van der Waals surface area contributed by atoms with Crippen molar-refractivity contribution < 1.29 is 22.3 Å². The van der Waals surface area contributed by atoms with Crippen molar-refractivity contribution in [3.8, 4) is 5.75 Å². The van der Waals surface area contributed by atoms with Crippen molar-refractivity contribution in [1.82, 2.24) is 9.21 Å². The normalized spacial score (nSPS) is 15.0. The lowest BCUT2D eigenvalue weighted by Gasteiger charge is -2.26. The van der Waals surface area contributed by atoms with E-state index >= 15 is 0 Å². The Morgan fingerprint density at radius 1 is 1.16 bits per heavy atom. The second-order valence-electron chi connectivity index (χ2n) is 7.70. The summed E-state index contributed by atoms with van der Waals surface area (Å²) in [5, 5.41) is 2.85. The van der Waals surface area contributed by atoms with Gasteiger partial charge >= 0.3 is 0 Å². The van der Waals surface area contributed by atoms with Gasteiger partial charge in [0.2, 0.25) is 15.9 Å². The van der Waals surface area contributed by atoms with Gasteiger partial charge in [-0.25, -0.2) is 12.8 Å². The average molecular weight is 484 g/mol. The lowest BCUT2D eigenvalue weighted by atomic mass is 10.2. The highest BCUT2D eigenvalue weighted by Gasteiger charge is 2.28. The minimum absolute atomic E-state index is 0.0000749. The van der Waals surface area contributed by atoms with Crippen molar-refractivity contribution in [2.75, 3.05) is 45.2 Å². The number of nitrogens with one attached hydrogen (secondary N) is 1. The number of carbonyl (C=O) groups excluding carboxylic acids is 1. The van der Waals surface area contributed by atoms with E-state index in [-0.39, 0.29) is 28.2 Å². The molecule has 0 aliphatic carbocycles. The van der Waals surface area contributed by atoms with Gasteiger partial charge in [0.05, 0.1) is 11.6 Å². The molecule has 10 heteroatoms. The monoisotopic (exact) mass is 483 g/mol. The third kappa shape index (κ3) is 6.65. The Kier molecular flexibility index (Phi) is 8.47. The van der Waals surface area contributed by atoms with E-state index in [0.717, 1.165) is 19.3 Å². The van der Waals surface area contributed by atoms with Crippen molar-refractivity contribution >= 4 is 33.2 Å². The van der Waals surface area contributed by atoms with Gasteiger partial charge in [-0.05, 0) is 62.4 Å². The number of amides is 1. The molecular formula is C22H27ClFN3O4S. The Bertz CT molecular complexity index is 1030. The van der Waals surface area contributed by atoms with E-state index in [9.17, 15) is 17.6 Å².